The summed E-state index contributed by atoms with van der Waals surface area (Å²) in [6, 6.07) is -0.0179. The number of anilines is 2. The number of aromatic nitrogens is 6. The molecule has 0 aromatic carbocycles. The quantitative estimate of drug-likeness (QED) is 0.396. The topological polar surface area (TPSA) is 145 Å². The van der Waals surface area contributed by atoms with Gasteiger partial charge in [0.05, 0.1) is 24.4 Å². The van der Waals surface area contributed by atoms with Crippen molar-refractivity contribution in [1.82, 2.24) is 29.9 Å². The molecule has 1 amide bonds. The molecule has 4 N–H and O–H groups in total. The highest BCUT2D eigenvalue weighted by Crippen LogP contribution is 2.32. The van der Waals surface area contributed by atoms with Crippen LogP contribution in [0.25, 0.3) is 11.2 Å². The van der Waals surface area contributed by atoms with Crippen LogP contribution in [-0.2, 0) is 4.79 Å². The molecule has 28 heavy (non-hydrogen) atoms. The molecule has 3 aromatic heterocycles. The van der Waals surface area contributed by atoms with Gasteiger partial charge in [0.15, 0.2) is 17.3 Å². The Hall–Kier alpha value is -3.02. The Morgan fingerprint density at radius 1 is 1.36 bits per heavy atom. The number of halogens is 1. The molecule has 3 aromatic rings. The predicted octanol–water partition coefficient (Wildman–Crippen LogP) is 2.02. The van der Waals surface area contributed by atoms with E-state index in [1.807, 2.05) is 13.8 Å². The normalized spacial score (nSPS) is 12.3. The first-order chi connectivity index (χ1) is 13.4. The van der Waals surface area contributed by atoms with Gasteiger partial charge in [0.1, 0.15) is 10.5 Å². The van der Waals surface area contributed by atoms with Gasteiger partial charge in [0.2, 0.25) is 11.9 Å². The molecule has 0 saturated heterocycles. The van der Waals surface area contributed by atoms with Crippen LogP contribution < -0.4 is 15.8 Å². The summed E-state index contributed by atoms with van der Waals surface area (Å²) in [6.45, 7) is 5.81. The SMILES string of the molecule is CCOc1ncc(F)c(NC(=O)[C@@H](Sc2nc(N)nc3nc[nH]c23)C(C)C)n1. The number of hydrogen-bond donors (Lipinski definition) is 3. The zero-order valence-corrected chi connectivity index (χ0v) is 16.2. The molecule has 148 valence electrons. The Balaban J connectivity index is 1.85. The molecular weight excluding hydrogens is 387 g/mol. The lowest BCUT2D eigenvalue weighted by molar-refractivity contribution is -0.116. The third-order valence-corrected chi connectivity index (χ3v) is 5.14. The van der Waals surface area contributed by atoms with Gasteiger partial charge in [-0.25, -0.2) is 19.3 Å². The highest BCUT2D eigenvalue weighted by Gasteiger charge is 2.27. The molecule has 12 heteroatoms. The Morgan fingerprint density at radius 2 is 2.14 bits per heavy atom. The molecule has 3 heterocycles. The first kappa shape index (κ1) is 19.7. The number of nitrogens with zero attached hydrogens (tertiary/aromatic N) is 5. The summed E-state index contributed by atoms with van der Waals surface area (Å²) in [5.41, 5.74) is 6.71. The molecule has 0 bridgehead atoms. The van der Waals surface area contributed by atoms with Gasteiger partial charge in [-0.1, -0.05) is 25.6 Å². The summed E-state index contributed by atoms with van der Waals surface area (Å²) < 4.78 is 19.2. The van der Waals surface area contributed by atoms with E-state index in [0.717, 1.165) is 6.20 Å². The predicted molar refractivity (Wildman–Crippen MR) is 102 cm³/mol. The lowest BCUT2D eigenvalue weighted by atomic mass is 10.1. The Labute approximate surface area is 163 Å². The number of amides is 1. The molecule has 1 atom stereocenters. The second-order valence-electron chi connectivity index (χ2n) is 6.04. The number of ether oxygens (including phenoxy) is 1. The van der Waals surface area contributed by atoms with Gasteiger partial charge in [-0.2, -0.15) is 9.97 Å². The van der Waals surface area contributed by atoms with E-state index in [0.29, 0.717) is 22.8 Å². The van der Waals surface area contributed by atoms with Crippen molar-refractivity contribution >= 4 is 40.6 Å². The fourth-order valence-electron chi connectivity index (χ4n) is 2.35. The minimum atomic E-state index is -0.758. The van der Waals surface area contributed by atoms with Crippen molar-refractivity contribution in [3.8, 4) is 6.01 Å². The maximum absolute atomic E-state index is 14.0. The van der Waals surface area contributed by atoms with Gasteiger partial charge >= 0.3 is 6.01 Å². The number of rotatable bonds is 7. The second-order valence-corrected chi connectivity index (χ2v) is 7.17. The first-order valence-corrected chi connectivity index (χ1v) is 9.36. The van der Waals surface area contributed by atoms with Crippen molar-refractivity contribution in [2.24, 2.45) is 5.92 Å². The molecule has 0 aliphatic rings. The number of carbonyl (C=O) groups is 1. The van der Waals surface area contributed by atoms with Crippen LogP contribution in [0.5, 0.6) is 6.01 Å². The number of nitrogens with two attached hydrogens (primary N) is 1. The molecule has 0 fully saturated rings. The van der Waals surface area contributed by atoms with Crippen molar-refractivity contribution in [3.05, 3.63) is 18.3 Å². The van der Waals surface area contributed by atoms with Crippen LogP contribution in [-0.4, -0.2) is 47.7 Å². The molecule has 0 aliphatic carbocycles. The summed E-state index contributed by atoms with van der Waals surface area (Å²) >= 11 is 1.18. The summed E-state index contributed by atoms with van der Waals surface area (Å²) in [7, 11) is 0. The maximum atomic E-state index is 14.0. The average molecular weight is 406 g/mol. The number of fused-ring (bicyclic) bond motifs is 1. The lowest BCUT2D eigenvalue weighted by Crippen LogP contribution is -2.30. The molecule has 0 unspecified atom stereocenters. The molecular formula is C16H19FN8O2S. The summed E-state index contributed by atoms with van der Waals surface area (Å²) in [5.74, 6) is -1.50. The molecule has 0 aliphatic heterocycles. The van der Waals surface area contributed by atoms with Crippen LogP contribution in [0.1, 0.15) is 20.8 Å². The fraction of sp³-hybridized carbons (Fsp3) is 0.375. The van der Waals surface area contributed by atoms with Gasteiger partial charge in [-0.05, 0) is 12.8 Å². The Kier molecular flexibility index (Phi) is 5.87. The van der Waals surface area contributed by atoms with E-state index < -0.39 is 17.0 Å². The number of imidazole rings is 1. The van der Waals surface area contributed by atoms with E-state index in [1.54, 1.807) is 6.92 Å². The number of aromatic amines is 1. The third kappa shape index (κ3) is 4.27. The van der Waals surface area contributed by atoms with Crippen LogP contribution in [0.2, 0.25) is 0 Å². The molecule has 0 saturated carbocycles. The fourth-order valence-corrected chi connectivity index (χ4v) is 3.44. The Bertz CT molecular complexity index is 996. The van der Waals surface area contributed by atoms with Crippen LogP contribution in [0, 0.1) is 11.7 Å². The monoisotopic (exact) mass is 406 g/mol. The van der Waals surface area contributed by atoms with E-state index in [4.69, 9.17) is 10.5 Å². The smallest absolute Gasteiger partial charge is 0.318 e. The van der Waals surface area contributed by atoms with E-state index in [1.165, 1.54) is 18.1 Å². The number of thioether (sulfide) groups is 1. The molecule has 10 nitrogen and oxygen atoms in total. The number of H-pyrrole nitrogens is 1. The average Bonchev–Trinajstić information content (AvgIpc) is 3.10. The highest BCUT2D eigenvalue weighted by molar-refractivity contribution is 8.00. The summed E-state index contributed by atoms with van der Waals surface area (Å²) in [4.78, 5) is 35.7. The molecule has 3 rings (SSSR count). The zero-order valence-electron chi connectivity index (χ0n) is 15.4. The van der Waals surface area contributed by atoms with Gasteiger partial charge < -0.3 is 20.8 Å². The van der Waals surface area contributed by atoms with E-state index in [2.05, 4.69) is 35.2 Å². The zero-order chi connectivity index (χ0) is 20.3. The Morgan fingerprint density at radius 3 is 2.86 bits per heavy atom. The van der Waals surface area contributed by atoms with Gasteiger partial charge in [-0.3, -0.25) is 4.79 Å². The second kappa shape index (κ2) is 8.33. The van der Waals surface area contributed by atoms with Crippen molar-refractivity contribution in [2.75, 3.05) is 17.7 Å². The van der Waals surface area contributed by atoms with Crippen molar-refractivity contribution in [2.45, 2.75) is 31.0 Å². The largest absolute Gasteiger partial charge is 0.464 e. The number of carbonyl (C=O) groups excluding carboxylic acids is 1. The summed E-state index contributed by atoms with van der Waals surface area (Å²) in [5, 5.41) is 2.37. The highest BCUT2D eigenvalue weighted by atomic mass is 32.2. The van der Waals surface area contributed by atoms with Gasteiger partial charge in [0, 0.05) is 0 Å². The maximum Gasteiger partial charge on any atom is 0.318 e. The van der Waals surface area contributed by atoms with E-state index in [-0.39, 0.29) is 23.7 Å². The number of nitrogens with one attached hydrogen (secondary N) is 2. The molecule has 0 radical (unpaired) electrons. The van der Waals surface area contributed by atoms with Crippen LogP contribution >= 0.6 is 11.8 Å². The summed E-state index contributed by atoms with van der Waals surface area (Å²) in [6.07, 6.45) is 2.42. The number of nitrogen functional groups attached to an aromatic ring is 1. The van der Waals surface area contributed by atoms with Crippen LogP contribution in [0.3, 0.4) is 0 Å². The van der Waals surface area contributed by atoms with Gasteiger partial charge in [0.25, 0.3) is 0 Å². The van der Waals surface area contributed by atoms with Crippen molar-refractivity contribution in [1.29, 1.82) is 0 Å². The number of hydrogen-bond acceptors (Lipinski definition) is 9. The van der Waals surface area contributed by atoms with Crippen molar-refractivity contribution in [3.63, 3.8) is 0 Å². The standard InChI is InChI=1S/C16H19FN8O2S/c1-4-27-16-19-5-8(17)11(24-16)22-13(26)10(7(2)3)28-14-9-12(21-6-20-9)23-15(18)25-14/h5-7,10H,4H2,1-3H3,(H,19,22,24,26)(H3,18,20,21,23,25)/t10-/m0/s1. The molecule has 0 spiro atoms. The third-order valence-electron chi connectivity index (χ3n) is 3.61. The van der Waals surface area contributed by atoms with Crippen molar-refractivity contribution < 1.29 is 13.9 Å². The minimum absolute atomic E-state index is 0.0179. The van der Waals surface area contributed by atoms with Gasteiger partial charge in [-0.15, -0.1) is 0 Å². The van der Waals surface area contributed by atoms with Crippen LogP contribution in [0.15, 0.2) is 17.6 Å². The first-order valence-electron chi connectivity index (χ1n) is 8.48. The lowest BCUT2D eigenvalue weighted by Gasteiger charge is -2.19. The minimum Gasteiger partial charge on any atom is -0.464 e. The van der Waals surface area contributed by atoms with Crippen LogP contribution in [0.4, 0.5) is 16.2 Å². The van der Waals surface area contributed by atoms with E-state index in [9.17, 15) is 9.18 Å². The van der Waals surface area contributed by atoms with E-state index >= 15 is 0 Å².